The van der Waals surface area contributed by atoms with Crippen LogP contribution < -0.4 is 5.32 Å². The van der Waals surface area contributed by atoms with Gasteiger partial charge in [-0.3, -0.25) is 5.10 Å². The number of phenolic OH excluding ortho intramolecular Hbond substituents is 1. The van der Waals surface area contributed by atoms with E-state index < -0.39 is 0 Å². The largest absolute Gasteiger partial charge is 0.508 e. The van der Waals surface area contributed by atoms with Crippen molar-refractivity contribution in [1.82, 2.24) is 25.5 Å². The van der Waals surface area contributed by atoms with Crippen LogP contribution in [-0.2, 0) is 6.42 Å². The van der Waals surface area contributed by atoms with Crippen LogP contribution in [0.15, 0.2) is 48.7 Å². The molecule has 2 aromatic heterocycles. The number of hydrogen-bond acceptors (Lipinski definition) is 4. The van der Waals surface area contributed by atoms with E-state index in [-0.39, 0.29) is 0 Å². The zero-order valence-electron chi connectivity index (χ0n) is 17.5. The number of phenols is 1. The van der Waals surface area contributed by atoms with Crippen molar-refractivity contribution in [2.75, 3.05) is 6.54 Å². The Kier molecular flexibility index (Phi) is 4.05. The summed E-state index contributed by atoms with van der Waals surface area (Å²) in [5, 5.41) is 22.2. The molecule has 6 heteroatoms. The Morgan fingerprint density at radius 2 is 2.03 bits per heavy atom. The molecule has 0 radical (unpaired) electrons. The molecule has 2 aromatic carbocycles. The van der Waals surface area contributed by atoms with Crippen LogP contribution in [0.2, 0.25) is 0 Å². The first-order valence-corrected chi connectivity index (χ1v) is 10.9. The SMILES string of the molecule is CCc1cc(O)ccc1-c1ccc2c(-c3ncc(C4=CCNC5(CC5)C4)[nH]3)n[nH]c2c1. The van der Waals surface area contributed by atoms with Gasteiger partial charge < -0.3 is 15.4 Å². The van der Waals surface area contributed by atoms with Gasteiger partial charge in [0.2, 0.25) is 0 Å². The van der Waals surface area contributed by atoms with E-state index >= 15 is 0 Å². The fraction of sp³-hybridized carbons (Fsp3) is 0.280. The van der Waals surface area contributed by atoms with Crippen LogP contribution in [0.5, 0.6) is 5.75 Å². The van der Waals surface area contributed by atoms with Gasteiger partial charge in [0.15, 0.2) is 5.82 Å². The molecule has 1 aliphatic carbocycles. The summed E-state index contributed by atoms with van der Waals surface area (Å²) < 4.78 is 0. The molecule has 1 fully saturated rings. The summed E-state index contributed by atoms with van der Waals surface area (Å²) in [6.45, 7) is 3.03. The lowest BCUT2D eigenvalue weighted by molar-refractivity contribution is 0.474. The van der Waals surface area contributed by atoms with Gasteiger partial charge in [-0.05, 0) is 72.2 Å². The van der Waals surface area contributed by atoms with Gasteiger partial charge in [0.05, 0.1) is 17.4 Å². The summed E-state index contributed by atoms with van der Waals surface area (Å²) >= 11 is 0. The summed E-state index contributed by atoms with van der Waals surface area (Å²) in [4.78, 5) is 8.14. The number of nitrogens with zero attached hydrogens (tertiary/aromatic N) is 2. The van der Waals surface area contributed by atoms with Crippen molar-refractivity contribution in [3.05, 3.63) is 59.9 Å². The number of nitrogens with one attached hydrogen (secondary N) is 3. The van der Waals surface area contributed by atoms with Gasteiger partial charge in [0.1, 0.15) is 11.4 Å². The number of rotatable bonds is 4. The predicted molar refractivity (Wildman–Crippen MR) is 123 cm³/mol. The average molecular weight is 412 g/mol. The van der Waals surface area contributed by atoms with Crippen molar-refractivity contribution in [2.45, 2.75) is 38.1 Å². The molecular formula is C25H25N5O. The minimum absolute atomic E-state index is 0.301. The van der Waals surface area contributed by atoms with Crippen LogP contribution in [0.1, 0.15) is 37.4 Å². The van der Waals surface area contributed by atoms with E-state index in [0.29, 0.717) is 11.3 Å². The van der Waals surface area contributed by atoms with Gasteiger partial charge in [-0.1, -0.05) is 25.1 Å². The van der Waals surface area contributed by atoms with Crippen molar-refractivity contribution in [3.63, 3.8) is 0 Å². The number of benzene rings is 2. The fourth-order valence-corrected chi connectivity index (χ4v) is 4.73. The maximum Gasteiger partial charge on any atom is 0.159 e. The second-order valence-electron chi connectivity index (χ2n) is 8.74. The fourth-order valence-electron chi connectivity index (χ4n) is 4.73. The molecule has 0 amide bonds. The molecule has 4 N–H and O–H groups in total. The highest BCUT2D eigenvalue weighted by Gasteiger charge is 2.44. The zero-order valence-corrected chi connectivity index (χ0v) is 17.5. The van der Waals surface area contributed by atoms with Gasteiger partial charge in [-0.15, -0.1) is 0 Å². The monoisotopic (exact) mass is 411 g/mol. The lowest BCUT2D eigenvalue weighted by Crippen LogP contribution is -2.34. The van der Waals surface area contributed by atoms with Gasteiger partial charge in [0.25, 0.3) is 0 Å². The molecule has 1 aliphatic heterocycles. The van der Waals surface area contributed by atoms with E-state index in [4.69, 9.17) is 0 Å². The van der Waals surface area contributed by atoms with Gasteiger partial charge in [0, 0.05) is 17.5 Å². The Balaban J connectivity index is 1.34. The van der Waals surface area contributed by atoms with Crippen LogP contribution >= 0.6 is 0 Å². The quantitative estimate of drug-likeness (QED) is 0.388. The van der Waals surface area contributed by atoms with Gasteiger partial charge in [-0.2, -0.15) is 5.10 Å². The van der Waals surface area contributed by atoms with Crippen molar-refractivity contribution in [3.8, 4) is 28.4 Å². The molecule has 0 unspecified atom stereocenters. The maximum atomic E-state index is 9.81. The highest BCUT2D eigenvalue weighted by Crippen LogP contribution is 2.44. The van der Waals surface area contributed by atoms with Crippen molar-refractivity contribution in [2.24, 2.45) is 0 Å². The Morgan fingerprint density at radius 1 is 1.13 bits per heavy atom. The molecule has 3 heterocycles. The number of aromatic amines is 2. The number of H-pyrrole nitrogens is 2. The molecule has 4 aromatic rings. The second-order valence-corrected chi connectivity index (χ2v) is 8.74. The number of imidazole rings is 1. The molecule has 0 atom stereocenters. The Bertz CT molecular complexity index is 1320. The highest BCUT2D eigenvalue weighted by molar-refractivity contribution is 5.94. The third-order valence-electron chi connectivity index (χ3n) is 6.70. The third-order valence-corrected chi connectivity index (χ3v) is 6.70. The smallest absolute Gasteiger partial charge is 0.159 e. The maximum absolute atomic E-state index is 9.81. The molecule has 6 nitrogen and oxygen atoms in total. The van der Waals surface area contributed by atoms with E-state index in [9.17, 15) is 5.11 Å². The van der Waals surface area contributed by atoms with E-state index in [1.54, 1.807) is 6.07 Å². The zero-order chi connectivity index (χ0) is 21.0. The number of aryl methyl sites for hydroxylation is 1. The summed E-state index contributed by atoms with van der Waals surface area (Å²) in [6, 6.07) is 11.9. The van der Waals surface area contributed by atoms with E-state index in [0.717, 1.165) is 64.2 Å². The van der Waals surface area contributed by atoms with E-state index in [2.05, 4.69) is 56.7 Å². The number of fused-ring (bicyclic) bond motifs is 1. The molecular weight excluding hydrogens is 386 g/mol. The molecule has 0 saturated heterocycles. The summed E-state index contributed by atoms with van der Waals surface area (Å²) in [7, 11) is 0. The lowest BCUT2D eigenvalue weighted by atomic mass is 9.97. The number of hydrogen-bond donors (Lipinski definition) is 4. The molecule has 1 spiro atoms. The Labute approximate surface area is 180 Å². The predicted octanol–water partition coefficient (Wildman–Crippen LogP) is 4.80. The van der Waals surface area contributed by atoms with Crippen LogP contribution in [-0.4, -0.2) is 37.4 Å². The molecule has 31 heavy (non-hydrogen) atoms. The number of aromatic nitrogens is 4. The summed E-state index contributed by atoms with van der Waals surface area (Å²) in [5.41, 5.74) is 7.93. The molecule has 6 rings (SSSR count). The van der Waals surface area contributed by atoms with Crippen LogP contribution in [0, 0.1) is 0 Å². The molecule has 2 aliphatic rings. The lowest BCUT2D eigenvalue weighted by Gasteiger charge is -2.23. The van der Waals surface area contributed by atoms with E-state index in [1.807, 2.05) is 18.3 Å². The second kappa shape index (κ2) is 6.82. The van der Waals surface area contributed by atoms with Gasteiger partial charge >= 0.3 is 0 Å². The highest BCUT2D eigenvalue weighted by atomic mass is 16.3. The summed E-state index contributed by atoms with van der Waals surface area (Å²) in [5.74, 6) is 1.09. The first-order valence-electron chi connectivity index (χ1n) is 10.9. The minimum atomic E-state index is 0.301. The van der Waals surface area contributed by atoms with Crippen molar-refractivity contribution >= 4 is 16.5 Å². The Morgan fingerprint density at radius 3 is 2.87 bits per heavy atom. The number of aromatic hydroxyl groups is 1. The minimum Gasteiger partial charge on any atom is -0.508 e. The first-order chi connectivity index (χ1) is 15.1. The Hall–Kier alpha value is -3.38. The molecule has 156 valence electrons. The average Bonchev–Trinajstić information content (AvgIpc) is 3.18. The standard InChI is InChI=1S/C25H25N5O/c1-2-15-11-18(31)4-6-19(15)16-3-5-20-21(12-16)29-30-23(20)24-26-14-22(28-24)17-7-10-27-25(13-17)8-9-25/h3-7,11-12,14,27,31H,2,8-10,13H2,1H3,(H,26,28)(H,29,30). The molecule has 1 saturated carbocycles. The van der Waals surface area contributed by atoms with Crippen molar-refractivity contribution < 1.29 is 5.11 Å². The van der Waals surface area contributed by atoms with Crippen LogP contribution in [0.4, 0.5) is 0 Å². The summed E-state index contributed by atoms with van der Waals surface area (Å²) in [6.07, 6.45) is 8.64. The first kappa shape index (κ1) is 18.4. The topological polar surface area (TPSA) is 89.6 Å². The van der Waals surface area contributed by atoms with Crippen LogP contribution in [0.3, 0.4) is 0 Å². The third kappa shape index (κ3) is 3.15. The van der Waals surface area contributed by atoms with Crippen molar-refractivity contribution in [1.29, 1.82) is 0 Å². The van der Waals surface area contributed by atoms with Gasteiger partial charge in [-0.25, -0.2) is 4.98 Å². The van der Waals surface area contributed by atoms with Crippen LogP contribution in [0.25, 0.3) is 39.1 Å². The normalized spacial score (nSPS) is 17.3. The molecule has 0 bridgehead atoms. The van der Waals surface area contributed by atoms with E-state index in [1.165, 1.54) is 18.4 Å².